The lowest BCUT2D eigenvalue weighted by Gasteiger charge is -2.44. The minimum absolute atomic E-state index is 0.0202. The third-order valence-corrected chi connectivity index (χ3v) is 8.67. The molecule has 174 valence electrons. The number of hydrogen-bond donors (Lipinski definition) is 0. The molecule has 0 N–H and O–H groups in total. The van der Waals surface area contributed by atoms with Crippen LogP contribution >= 0.6 is 0 Å². The van der Waals surface area contributed by atoms with Gasteiger partial charge in [-0.3, -0.25) is 4.79 Å². The molecule has 3 aliphatic rings. The lowest BCUT2D eigenvalue weighted by molar-refractivity contribution is -0.146. The topological polar surface area (TPSA) is 26.3 Å². The van der Waals surface area contributed by atoms with Crippen LogP contribution in [0, 0.1) is 29.1 Å². The molecule has 0 radical (unpaired) electrons. The van der Waals surface area contributed by atoms with Gasteiger partial charge in [-0.2, -0.15) is 0 Å². The van der Waals surface area contributed by atoms with Crippen molar-refractivity contribution in [3.05, 3.63) is 35.5 Å². The van der Waals surface area contributed by atoms with Crippen LogP contribution in [-0.2, 0) is 9.53 Å². The lowest BCUT2D eigenvalue weighted by Crippen LogP contribution is -2.36. The molecule has 1 unspecified atom stereocenters. The second kappa shape index (κ2) is 10.5. The minimum atomic E-state index is -0.169. The van der Waals surface area contributed by atoms with Gasteiger partial charge < -0.3 is 4.74 Å². The average molecular weight is 427 g/mol. The SMILES string of the molecule is C=C1CC[C@H](OC(C)=O)C/C1=C/C=C1\CCC[C@@]2(C)C1CC[C@@H]2[C@H](C)CCCC(C)C. The molecule has 0 aromatic heterocycles. The largest absolute Gasteiger partial charge is 0.462 e. The van der Waals surface area contributed by atoms with Gasteiger partial charge in [-0.1, -0.05) is 76.8 Å². The van der Waals surface area contributed by atoms with Crippen LogP contribution in [-0.4, -0.2) is 12.1 Å². The number of fused-ring (bicyclic) bond motifs is 1. The van der Waals surface area contributed by atoms with Crippen molar-refractivity contribution in [2.45, 2.75) is 111 Å². The van der Waals surface area contributed by atoms with Gasteiger partial charge >= 0.3 is 5.97 Å². The molecule has 0 bridgehead atoms. The van der Waals surface area contributed by atoms with Gasteiger partial charge in [0.15, 0.2) is 0 Å². The molecule has 0 heterocycles. The molecule has 5 atom stereocenters. The molecule has 0 aromatic rings. The highest BCUT2D eigenvalue weighted by molar-refractivity contribution is 5.66. The Balaban J connectivity index is 1.69. The van der Waals surface area contributed by atoms with Crippen molar-refractivity contribution >= 4 is 5.97 Å². The van der Waals surface area contributed by atoms with Gasteiger partial charge in [0.25, 0.3) is 0 Å². The van der Waals surface area contributed by atoms with Gasteiger partial charge in [0.1, 0.15) is 6.10 Å². The van der Waals surface area contributed by atoms with Gasteiger partial charge in [0, 0.05) is 13.3 Å². The molecule has 3 rings (SSSR count). The van der Waals surface area contributed by atoms with Crippen LogP contribution in [0.5, 0.6) is 0 Å². The maximum Gasteiger partial charge on any atom is 0.302 e. The molecular formula is C29H46O2. The highest BCUT2D eigenvalue weighted by Crippen LogP contribution is 2.60. The first-order valence-electron chi connectivity index (χ1n) is 13.0. The number of esters is 1. The first-order chi connectivity index (χ1) is 14.7. The van der Waals surface area contributed by atoms with Gasteiger partial charge in [-0.05, 0) is 79.6 Å². The number of carbonyl (C=O) groups is 1. The number of carbonyl (C=O) groups excluding carboxylic acids is 1. The summed E-state index contributed by atoms with van der Waals surface area (Å²) in [4.78, 5) is 11.4. The molecule has 0 spiro atoms. The Labute approximate surface area is 191 Å². The Kier molecular flexibility index (Phi) is 8.27. The van der Waals surface area contributed by atoms with Crippen molar-refractivity contribution in [1.82, 2.24) is 0 Å². The maximum absolute atomic E-state index is 11.4. The van der Waals surface area contributed by atoms with Crippen molar-refractivity contribution in [3.63, 3.8) is 0 Å². The zero-order valence-electron chi connectivity index (χ0n) is 20.8. The highest BCUT2D eigenvalue weighted by atomic mass is 16.5. The van der Waals surface area contributed by atoms with Crippen LogP contribution in [0.2, 0.25) is 0 Å². The third kappa shape index (κ3) is 5.93. The van der Waals surface area contributed by atoms with Crippen molar-refractivity contribution in [3.8, 4) is 0 Å². The molecule has 2 nitrogen and oxygen atoms in total. The molecular weight excluding hydrogens is 380 g/mol. The van der Waals surface area contributed by atoms with Crippen molar-refractivity contribution in [2.24, 2.45) is 29.1 Å². The van der Waals surface area contributed by atoms with Crippen LogP contribution < -0.4 is 0 Å². The Bertz CT molecular complexity index is 712. The molecule has 3 aliphatic carbocycles. The first-order valence-corrected chi connectivity index (χ1v) is 13.0. The van der Waals surface area contributed by atoms with E-state index in [2.05, 4.69) is 46.4 Å². The van der Waals surface area contributed by atoms with E-state index in [-0.39, 0.29) is 12.1 Å². The third-order valence-electron chi connectivity index (χ3n) is 8.67. The maximum atomic E-state index is 11.4. The fraction of sp³-hybridized carbons (Fsp3) is 0.759. The molecule has 0 aliphatic heterocycles. The van der Waals surface area contributed by atoms with Gasteiger partial charge in [0.2, 0.25) is 0 Å². The van der Waals surface area contributed by atoms with Crippen LogP contribution in [0.4, 0.5) is 0 Å². The van der Waals surface area contributed by atoms with Crippen LogP contribution in [0.1, 0.15) is 105 Å². The zero-order chi connectivity index (χ0) is 22.6. The molecule has 3 saturated carbocycles. The number of hydrogen-bond acceptors (Lipinski definition) is 2. The summed E-state index contributed by atoms with van der Waals surface area (Å²) in [5.74, 6) is 3.12. The summed E-state index contributed by atoms with van der Waals surface area (Å²) in [6.45, 7) is 15.6. The molecule has 31 heavy (non-hydrogen) atoms. The van der Waals surface area contributed by atoms with Crippen molar-refractivity contribution in [1.29, 1.82) is 0 Å². The van der Waals surface area contributed by atoms with Crippen molar-refractivity contribution in [2.75, 3.05) is 0 Å². The molecule has 0 aromatic carbocycles. The summed E-state index contributed by atoms with van der Waals surface area (Å²) in [7, 11) is 0. The Morgan fingerprint density at radius 2 is 1.94 bits per heavy atom. The van der Waals surface area contributed by atoms with Crippen LogP contribution in [0.3, 0.4) is 0 Å². The first kappa shape index (κ1) is 24.3. The van der Waals surface area contributed by atoms with E-state index in [4.69, 9.17) is 4.74 Å². The van der Waals surface area contributed by atoms with Gasteiger partial charge in [-0.25, -0.2) is 0 Å². The fourth-order valence-corrected chi connectivity index (χ4v) is 6.98. The molecule has 2 heteroatoms. The number of allylic oxidation sites excluding steroid dienone is 4. The van der Waals surface area contributed by atoms with E-state index < -0.39 is 0 Å². The van der Waals surface area contributed by atoms with Gasteiger partial charge in [0.05, 0.1) is 0 Å². The predicted molar refractivity (Wildman–Crippen MR) is 131 cm³/mol. The van der Waals surface area contributed by atoms with E-state index in [0.29, 0.717) is 5.41 Å². The summed E-state index contributed by atoms with van der Waals surface area (Å²) in [5.41, 5.74) is 4.65. The quantitative estimate of drug-likeness (QED) is 0.383. The van der Waals surface area contributed by atoms with E-state index in [0.717, 1.165) is 42.9 Å². The zero-order valence-corrected chi connectivity index (χ0v) is 20.8. The van der Waals surface area contributed by atoms with Gasteiger partial charge in [-0.15, -0.1) is 0 Å². The normalized spacial score (nSPS) is 34.9. The Hall–Kier alpha value is -1.31. The average Bonchev–Trinajstić information content (AvgIpc) is 3.05. The predicted octanol–water partition coefficient (Wildman–Crippen LogP) is 8.19. The Morgan fingerprint density at radius 1 is 1.16 bits per heavy atom. The lowest BCUT2D eigenvalue weighted by atomic mass is 9.60. The van der Waals surface area contributed by atoms with Crippen molar-refractivity contribution < 1.29 is 9.53 Å². The highest BCUT2D eigenvalue weighted by Gasteiger charge is 2.50. The molecule has 0 amide bonds. The monoisotopic (exact) mass is 426 g/mol. The second-order valence-corrected chi connectivity index (χ2v) is 11.4. The molecule has 3 fully saturated rings. The summed E-state index contributed by atoms with van der Waals surface area (Å²) in [5, 5.41) is 0. The second-order valence-electron chi connectivity index (χ2n) is 11.4. The van der Waals surface area contributed by atoms with E-state index in [1.807, 2.05) is 0 Å². The van der Waals surface area contributed by atoms with E-state index in [1.165, 1.54) is 69.4 Å². The number of ether oxygens (including phenoxy) is 1. The molecule has 0 saturated heterocycles. The van der Waals surface area contributed by atoms with E-state index >= 15 is 0 Å². The van der Waals surface area contributed by atoms with E-state index in [1.54, 1.807) is 5.57 Å². The summed E-state index contributed by atoms with van der Waals surface area (Å²) in [6.07, 6.45) is 18.3. The summed E-state index contributed by atoms with van der Waals surface area (Å²) < 4.78 is 5.49. The van der Waals surface area contributed by atoms with Crippen LogP contribution in [0.15, 0.2) is 35.5 Å². The smallest absolute Gasteiger partial charge is 0.302 e. The number of rotatable bonds is 7. The Morgan fingerprint density at radius 3 is 2.65 bits per heavy atom. The minimum Gasteiger partial charge on any atom is -0.462 e. The fourth-order valence-electron chi connectivity index (χ4n) is 6.98. The van der Waals surface area contributed by atoms with Crippen LogP contribution in [0.25, 0.3) is 0 Å². The standard InChI is InChI=1S/C29H46O2/c1-20(2)9-7-10-22(4)27-16-17-28-24(11-8-18-29(27,28)6)13-14-25-19-26(31-23(5)30)15-12-21(25)3/h13-14,20,22,26-28H,3,7-12,15-19H2,1-2,4-6H3/b24-13+,25-14-/t22-,26+,27-,28?,29-/m1/s1. The summed E-state index contributed by atoms with van der Waals surface area (Å²) in [6, 6.07) is 0. The summed E-state index contributed by atoms with van der Waals surface area (Å²) >= 11 is 0. The van der Waals surface area contributed by atoms with E-state index in [9.17, 15) is 4.79 Å².